The van der Waals surface area contributed by atoms with Gasteiger partial charge in [0.05, 0.1) is 24.7 Å². The molecule has 5 rings (SSSR count). The van der Waals surface area contributed by atoms with E-state index in [4.69, 9.17) is 9.47 Å². The minimum absolute atomic E-state index is 0.0554. The Morgan fingerprint density at radius 1 is 1.10 bits per heavy atom. The molecule has 0 spiro atoms. The highest BCUT2D eigenvalue weighted by Crippen LogP contribution is 2.36. The van der Waals surface area contributed by atoms with Crippen LogP contribution in [-0.4, -0.2) is 35.2 Å². The largest absolute Gasteiger partial charge is 0.494 e. The number of benzene rings is 3. The molecule has 0 amide bonds. The zero-order chi connectivity index (χ0) is 27.7. The second kappa shape index (κ2) is 10.6. The van der Waals surface area contributed by atoms with Gasteiger partial charge in [-0.05, 0) is 61.6 Å². The van der Waals surface area contributed by atoms with E-state index in [1.165, 1.54) is 25.3 Å². The lowest BCUT2D eigenvalue weighted by molar-refractivity contribution is -0.131. The second-order valence-electron chi connectivity index (χ2n) is 9.71. The maximum Gasteiger partial charge on any atom is 0.390 e. The van der Waals surface area contributed by atoms with E-state index in [1.54, 1.807) is 23.0 Å². The number of aryl methyl sites for hydroxylation is 1. The van der Waals surface area contributed by atoms with Crippen molar-refractivity contribution in [2.24, 2.45) is 5.92 Å². The molecule has 6 nitrogen and oxygen atoms in total. The molecule has 0 atom stereocenters. The number of fused-ring (bicyclic) bond motifs is 1. The van der Waals surface area contributed by atoms with Gasteiger partial charge in [-0.15, -0.1) is 0 Å². The molecule has 0 unspecified atom stereocenters. The molecule has 1 aromatic heterocycles. The molecule has 1 aliphatic carbocycles. The Balaban J connectivity index is 1.51. The number of halogens is 4. The van der Waals surface area contributed by atoms with Gasteiger partial charge in [-0.3, -0.25) is 9.36 Å². The van der Waals surface area contributed by atoms with E-state index in [2.05, 4.69) is 10.3 Å². The number of carbonyl (C=O) groups excluding carboxylic acids is 1. The minimum atomic E-state index is -4.32. The zero-order valence-electron chi connectivity index (χ0n) is 21.4. The van der Waals surface area contributed by atoms with Gasteiger partial charge in [0.25, 0.3) is 0 Å². The first-order valence-electron chi connectivity index (χ1n) is 12.6. The predicted octanol–water partition coefficient (Wildman–Crippen LogP) is 7.62. The number of nitrogens with zero attached hydrogens (tertiary/aromatic N) is 2. The van der Waals surface area contributed by atoms with Crippen molar-refractivity contribution in [3.8, 4) is 22.9 Å². The summed E-state index contributed by atoms with van der Waals surface area (Å²) >= 11 is 0. The summed E-state index contributed by atoms with van der Waals surface area (Å²) in [5.74, 6) is 0.507. The fraction of sp³-hybridized carbons (Fsp3) is 0.310. The first-order valence-corrected chi connectivity index (χ1v) is 12.6. The quantitative estimate of drug-likeness (QED) is 0.165. The number of carbonyl (C=O) groups is 1. The van der Waals surface area contributed by atoms with Gasteiger partial charge >= 0.3 is 6.18 Å². The Hall–Kier alpha value is -4.08. The standard InChI is InChI=1S/C29H27F4N3O3/c1-17-11-19(5-7-22(17)26(37)12-18-3-4-18)36-16-35-28-24(34-10-9-29(31,32)33)14-21(15-25(28)36)39-20-6-8-27(38-2)23(30)13-20/h5-8,11,13-16,18,34H,3-4,9-10,12H2,1-2H3. The highest BCUT2D eigenvalue weighted by molar-refractivity contribution is 5.98. The summed E-state index contributed by atoms with van der Waals surface area (Å²) in [6, 6.07) is 12.8. The number of rotatable bonds is 10. The maximum absolute atomic E-state index is 14.2. The minimum Gasteiger partial charge on any atom is -0.494 e. The molecule has 0 saturated heterocycles. The van der Waals surface area contributed by atoms with Gasteiger partial charge in [0.1, 0.15) is 23.3 Å². The van der Waals surface area contributed by atoms with E-state index in [9.17, 15) is 22.4 Å². The number of anilines is 1. The van der Waals surface area contributed by atoms with E-state index in [0.717, 1.165) is 30.2 Å². The van der Waals surface area contributed by atoms with Crippen molar-refractivity contribution in [2.45, 2.75) is 38.8 Å². The lowest BCUT2D eigenvalue weighted by atomic mass is 10.0. The number of ketones is 1. The maximum atomic E-state index is 14.2. The molecule has 39 heavy (non-hydrogen) atoms. The van der Waals surface area contributed by atoms with Crippen molar-refractivity contribution in [1.29, 1.82) is 0 Å². The van der Waals surface area contributed by atoms with Crippen molar-refractivity contribution in [1.82, 2.24) is 9.55 Å². The number of imidazole rings is 1. The number of hydrogen-bond acceptors (Lipinski definition) is 5. The van der Waals surface area contributed by atoms with Crippen molar-refractivity contribution in [3.63, 3.8) is 0 Å². The molecule has 0 aliphatic heterocycles. The Morgan fingerprint density at radius 3 is 2.56 bits per heavy atom. The van der Waals surface area contributed by atoms with Gasteiger partial charge in [-0.2, -0.15) is 13.2 Å². The van der Waals surface area contributed by atoms with Crippen molar-refractivity contribution in [3.05, 3.63) is 71.8 Å². The van der Waals surface area contributed by atoms with Crippen LogP contribution in [-0.2, 0) is 0 Å². The van der Waals surface area contributed by atoms with Crippen LogP contribution in [0.2, 0.25) is 0 Å². The molecule has 10 heteroatoms. The normalized spacial score (nSPS) is 13.5. The van der Waals surface area contributed by atoms with Crippen LogP contribution in [0, 0.1) is 18.7 Å². The molecule has 4 aromatic rings. The van der Waals surface area contributed by atoms with Crippen LogP contribution >= 0.6 is 0 Å². The number of aromatic nitrogens is 2. The number of nitrogens with one attached hydrogen (secondary N) is 1. The summed E-state index contributed by atoms with van der Waals surface area (Å²) in [7, 11) is 1.35. The van der Waals surface area contributed by atoms with Crippen LogP contribution in [0.5, 0.6) is 17.2 Å². The summed E-state index contributed by atoms with van der Waals surface area (Å²) in [6.07, 6.45) is -1.05. The van der Waals surface area contributed by atoms with Crippen LogP contribution in [0.15, 0.2) is 54.9 Å². The Bertz CT molecular complexity index is 1530. The summed E-state index contributed by atoms with van der Waals surface area (Å²) < 4.78 is 65.3. The summed E-state index contributed by atoms with van der Waals surface area (Å²) in [6.45, 7) is 1.52. The average Bonchev–Trinajstić information content (AvgIpc) is 3.58. The van der Waals surface area contributed by atoms with Gasteiger partial charge in [-0.25, -0.2) is 9.37 Å². The highest BCUT2D eigenvalue weighted by Gasteiger charge is 2.27. The summed E-state index contributed by atoms with van der Waals surface area (Å²) in [5, 5.41) is 2.81. The third-order valence-electron chi connectivity index (χ3n) is 6.67. The SMILES string of the molecule is COc1ccc(Oc2cc(NCCC(F)(F)F)c3ncn(-c4ccc(C(=O)CC5CC5)c(C)c4)c3c2)cc1F. The van der Waals surface area contributed by atoms with E-state index < -0.39 is 18.4 Å². The molecule has 1 N–H and O–H groups in total. The first kappa shape index (κ1) is 26.5. The van der Waals surface area contributed by atoms with Crippen LogP contribution in [0.1, 0.15) is 41.6 Å². The van der Waals surface area contributed by atoms with Gasteiger partial charge < -0.3 is 14.8 Å². The number of alkyl halides is 3. The third kappa shape index (κ3) is 6.16. The molecular weight excluding hydrogens is 514 g/mol. The molecule has 1 saturated carbocycles. The number of hydrogen-bond donors (Lipinski definition) is 1. The summed E-state index contributed by atoms with van der Waals surface area (Å²) in [5.41, 5.74) is 3.57. The molecule has 0 radical (unpaired) electrons. The number of Topliss-reactive ketones (excluding diaryl/α,β-unsaturated/α-hetero) is 1. The lowest BCUT2D eigenvalue weighted by Crippen LogP contribution is -2.14. The zero-order valence-corrected chi connectivity index (χ0v) is 21.4. The van der Waals surface area contributed by atoms with Crippen LogP contribution in [0.3, 0.4) is 0 Å². The van der Waals surface area contributed by atoms with Crippen LogP contribution in [0.25, 0.3) is 16.7 Å². The van der Waals surface area contributed by atoms with E-state index in [0.29, 0.717) is 34.6 Å². The molecule has 1 aliphatic rings. The second-order valence-corrected chi connectivity index (χ2v) is 9.71. The van der Waals surface area contributed by atoms with Crippen LogP contribution in [0.4, 0.5) is 23.2 Å². The fourth-order valence-corrected chi connectivity index (χ4v) is 4.48. The van der Waals surface area contributed by atoms with Crippen molar-refractivity contribution in [2.75, 3.05) is 19.0 Å². The molecular formula is C29H27F4N3O3. The average molecular weight is 542 g/mol. The summed E-state index contributed by atoms with van der Waals surface area (Å²) in [4.78, 5) is 17.1. The topological polar surface area (TPSA) is 65.4 Å². The van der Waals surface area contributed by atoms with E-state index in [1.807, 2.05) is 19.1 Å². The van der Waals surface area contributed by atoms with Gasteiger partial charge in [-0.1, -0.05) is 0 Å². The van der Waals surface area contributed by atoms with Gasteiger partial charge in [0, 0.05) is 42.4 Å². The van der Waals surface area contributed by atoms with Gasteiger partial charge in [0.2, 0.25) is 0 Å². The Kier molecular flexibility index (Phi) is 7.20. The van der Waals surface area contributed by atoms with E-state index in [-0.39, 0.29) is 29.6 Å². The molecule has 3 aromatic carbocycles. The fourth-order valence-electron chi connectivity index (χ4n) is 4.48. The van der Waals surface area contributed by atoms with E-state index >= 15 is 0 Å². The predicted molar refractivity (Wildman–Crippen MR) is 140 cm³/mol. The number of methoxy groups -OCH3 is 1. The Morgan fingerprint density at radius 2 is 1.90 bits per heavy atom. The molecule has 0 bridgehead atoms. The first-order chi connectivity index (χ1) is 18.6. The third-order valence-corrected chi connectivity index (χ3v) is 6.67. The Labute approximate surface area is 222 Å². The van der Waals surface area contributed by atoms with Gasteiger partial charge in [0.15, 0.2) is 17.3 Å². The monoisotopic (exact) mass is 541 g/mol. The smallest absolute Gasteiger partial charge is 0.390 e. The molecule has 204 valence electrons. The molecule has 1 fully saturated rings. The lowest BCUT2D eigenvalue weighted by Gasteiger charge is -2.14. The highest BCUT2D eigenvalue weighted by atomic mass is 19.4. The number of ether oxygens (including phenoxy) is 2. The molecule has 1 heterocycles. The van der Waals surface area contributed by atoms with Crippen molar-refractivity contribution < 1.29 is 31.8 Å². The van der Waals surface area contributed by atoms with Crippen molar-refractivity contribution >= 4 is 22.5 Å². The van der Waals surface area contributed by atoms with Crippen LogP contribution < -0.4 is 14.8 Å².